The predicted octanol–water partition coefficient (Wildman–Crippen LogP) is 5.29. The van der Waals surface area contributed by atoms with Gasteiger partial charge >= 0.3 is 0 Å². The van der Waals surface area contributed by atoms with Crippen LogP contribution in [0.15, 0.2) is 12.7 Å². The van der Waals surface area contributed by atoms with Crippen LogP contribution < -0.4 is 0 Å². The van der Waals surface area contributed by atoms with Crippen molar-refractivity contribution < 1.29 is 4.43 Å². The quantitative estimate of drug-likeness (QED) is 0.315. The summed E-state index contributed by atoms with van der Waals surface area (Å²) in [6.45, 7) is 19.0. The summed E-state index contributed by atoms with van der Waals surface area (Å²) in [6.07, 6.45) is 6.13. The van der Waals surface area contributed by atoms with Crippen molar-refractivity contribution in [3.63, 3.8) is 0 Å². The standard InChI is InChI=1S/C14H32OSi2/c1-8-14(17(6,7)15-9-2)12-10-11-13-16(3,4)5/h8,14H,1,9-13H2,2-7H3. The molecule has 0 N–H and O–H groups in total. The lowest BCUT2D eigenvalue weighted by atomic mass is 10.2. The van der Waals surface area contributed by atoms with Gasteiger partial charge in [0.1, 0.15) is 0 Å². The zero-order chi connectivity index (χ0) is 13.5. The first kappa shape index (κ1) is 17.1. The molecule has 1 unspecified atom stereocenters. The van der Waals surface area contributed by atoms with Crippen LogP contribution in [0.1, 0.15) is 26.2 Å². The van der Waals surface area contributed by atoms with Crippen LogP contribution in [0.4, 0.5) is 0 Å². The molecule has 3 heteroatoms. The minimum atomic E-state index is -1.54. The van der Waals surface area contributed by atoms with Gasteiger partial charge in [-0.05, 0) is 32.0 Å². The van der Waals surface area contributed by atoms with E-state index in [-0.39, 0.29) is 0 Å². The fraction of sp³-hybridized carbons (Fsp3) is 0.857. The fourth-order valence-electron chi connectivity index (χ4n) is 2.25. The van der Waals surface area contributed by atoms with E-state index in [0.717, 1.165) is 6.61 Å². The van der Waals surface area contributed by atoms with Crippen molar-refractivity contribution in [2.24, 2.45) is 0 Å². The molecule has 0 rings (SSSR count). The third kappa shape index (κ3) is 7.95. The predicted molar refractivity (Wildman–Crippen MR) is 85.1 cm³/mol. The van der Waals surface area contributed by atoms with Crippen molar-refractivity contribution in [3.8, 4) is 0 Å². The molecule has 0 aliphatic heterocycles. The number of rotatable bonds is 9. The Morgan fingerprint density at radius 2 is 1.71 bits per heavy atom. The van der Waals surface area contributed by atoms with E-state index in [1.807, 2.05) is 0 Å². The average Bonchev–Trinajstić information content (AvgIpc) is 2.15. The smallest absolute Gasteiger partial charge is 0.193 e. The van der Waals surface area contributed by atoms with E-state index in [0.29, 0.717) is 5.54 Å². The molecular formula is C14H32OSi2. The highest BCUT2D eigenvalue weighted by atomic mass is 28.4. The Bertz CT molecular complexity index is 219. The fourth-order valence-corrected chi connectivity index (χ4v) is 5.98. The van der Waals surface area contributed by atoms with Crippen LogP contribution in [0, 0.1) is 0 Å². The Kier molecular flexibility index (Phi) is 7.60. The van der Waals surface area contributed by atoms with Crippen LogP contribution in [0.5, 0.6) is 0 Å². The molecule has 0 aliphatic carbocycles. The SMILES string of the molecule is C=CC(CCCC[Si](C)(C)C)[Si](C)(C)OCC. The van der Waals surface area contributed by atoms with Crippen LogP contribution >= 0.6 is 0 Å². The minimum Gasteiger partial charge on any atom is -0.417 e. The molecule has 0 saturated carbocycles. The Hall–Kier alpha value is 0.134. The van der Waals surface area contributed by atoms with Gasteiger partial charge in [0.2, 0.25) is 0 Å². The summed E-state index contributed by atoms with van der Waals surface area (Å²) < 4.78 is 5.96. The zero-order valence-corrected chi connectivity index (χ0v) is 14.8. The molecule has 0 spiro atoms. The van der Waals surface area contributed by atoms with E-state index in [9.17, 15) is 0 Å². The summed E-state index contributed by atoms with van der Waals surface area (Å²) in [5.74, 6) is 0. The maximum Gasteiger partial charge on any atom is 0.193 e. The van der Waals surface area contributed by atoms with Crippen LogP contribution in [0.2, 0.25) is 44.3 Å². The van der Waals surface area contributed by atoms with Crippen LogP contribution in [0.3, 0.4) is 0 Å². The molecule has 0 heterocycles. The van der Waals surface area contributed by atoms with Crippen molar-refractivity contribution in [2.75, 3.05) is 6.61 Å². The summed E-state index contributed by atoms with van der Waals surface area (Å²) in [5, 5.41) is 0. The van der Waals surface area contributed by atoms with Gasteiger partial charge in [-0.15, -0.1) is 6.58 Å². The number of unbranched alkanes of at least 4 members (excludes halogenated alkanes) is 1. The molecule has 102 valence electrons. The molecule has 0 radical (unpaired) electrons. The van der Waals surface area contributed by atoms with Crippen LogP contribution in [-0.4, -0.2) is 23.0 Å². The lowest BCUT2D eigenvalue weighted by Crippen LogP contribution is -2.35. The first-order chi connectivity index (χ1) is 7.73. The molecule has 0 aliphatic rings. The zero-order valence-electron chi connectivity index (χ0n) is 12.8. The summed E-state index contributed by atoms with van der Waals surface area (Å²) in [4.78, 5) is 0. The summed E-state index contributed by atoms with van der Waals surface area (Å²) >= 11 is 0. The lowest BCUT2D eigenvalue weighted by molar-refractivity contribution is 0.321. The van der Waals surface area contributed by atoms with Gasteiger partial charge in [-0.2, -0.15) is 0 Å². The topological polar surface area (TPSA) is 9.23 Å². The highest BCUT2D eigenvalue weighted by molar-refractivity contribution is 6.76. The van der Waals surface area contributed by atoms with Gasteiger partial charge in [0, 0.05) is 14.7 Å². The highest BCUT2D eigenvalue weighted by Gasteiger charge is 2.30. The van der Waals surface area contributed by atoms with E-state index in [1.54, 1.807) is 0 Å². The molecule has 0 saturated heterocycles. The van der Waals surface area contributed by atoms with Crippen LogP contribution in [-0.2, 0) is 4.43 Å². The summed E-state index contributed by atoms with van der Waals surface area (Å²) in [5.41, 5.74) is 0.615. The molecular weight excluding hydrogens is 240 g/mol. The number of hydrogen-bond donors (Lipinski definition) is 0. The molecule has 17 heavy (non-hydrogen) atoms. The largest absolute Gasteiger partial charge is 0.417 e. The maximum atomic E-state index is 5.96. The maximum absolute atomic E-state index is 5.96. The first-order valence-corrected chi connectivity index (χ1v) is 13.7. The Morgan fingerprint density at radius 1 is 1.12 bits per heavy atom. The second-order valence-electron chi connectivity index (χ2n) is 6.69. The lowest BCUT2D eigenvalue weighted by Gasteiger charge is -2.30. The third-order valence-electron chi connectivity index (χ3n) is 3.39. The van der Waals surface area contributed by atoms with Gasteiger partial charge in [-0.3, -0.25) is 0 Å². The van der Waals surface area contributed by atoms with Gasteiger partial charge in [-0.25, -0.2) is 0 Å². The van der Waals surface area contributed by atoms with Crippen molar-refractivity contribution in [1.82, 2.24) is 0 Å². The molecule has 0 bridgehead atoms. The van der Waals surface area contributed by atoms with E-state index >= 15 is 0 Å². The molecule has 0 aromatic carbocycles. The Morgan fingerprint density at radius 3 is 2.12 bits per heavy atom. The molecule has 0 aromatic rings. The molecule has 0 fully saturated rings. The number of allylic oxidation sites excluding steroid dienone is 1. The van der Waals surface area contributed by atoms with E-state index in [2.05, 4.69) is 52.3 Å². The first-order valence-electron chi connectivity index (χ1n) is 6.99. The summed E-state index contributed by atoms with van der Waals surface area (Å²) in [7, 11) is -2.38. The van der Waals surface area contributed by atoms with Gasteiger partial charge in [-0.1, -0.05) is 44.6 Å². The molecule has 0 amide bonds. The van der Waals surface area contributed by atoms with Crippen molar-refractivity contribution in [1.29, 1.82) is 0 Å². The van der Waals surface area contributed by atoms with Gasteiger partial charge < -0.3 is 4.43 Å². The van der Waals surface area contributed by atoms with Crippen molar-refractivity contribution in [2.45, 2.75) is 70.5 Å². The van der Waals surface area contributed by atoms with E-state index in [1.165, 1.54) is 25.3 Å². The second-order valence-corrected chi connectivity index (χ2v) is 16.5. The van der Waals surface area contributed by atoms with Gasteiger partial charge in [0.05, 0.1) is 0 Å². The van der Waals surface area contributed by atoms with Crippen molar-refractivity contribution in [3.05, 3.63) is 12.7 Å². The molecule has 0 aromatic heterocycles. The Balaban J connectivity index is 4.02. The molecule has 1 atom stereocenters. The van der Waals surface area contributed by atoms with Gasteiger partial charge in [0.25, 0.3) is 0 Å². The normalized spacial score (nSPS) is 14.7. The molecule has 1 nitrogen and oxygen atoms in total. The third-order valence-corrected chi connectivity index (χ3v) is 8.58. The second kappa shape index (κ2) is 7.54. The number of hydrogen-bond acceptors (Lipinski definition) is 1. The Labute approximate surface area is 111 Å². The average molecular weight is 273 g/mol. The van der Waals surface area contributed by atoms with E-state index in [4.69, 9.17) is 4.43 Å². The minimum absolute atomic E-state index is 0.615. The van der Waals surface area contributed by atoms with Crippen LogP contribution in [0.25, 0.3) is 0 Å². The van der Waals surface area contributed by atoms with E-state index < -0.39 is 16.4 Å². The monoisotopic (exact) mass is 272 g/mol. The van der Waals surface area contributed by atoms with Crippen molar-refractivity contribution >= 4 is 16.4 Å². The van der Waals surface area contributed by atoms with Gasteiger partial charge in [0.15, 0.2) is 8.32 Å². The summed E-state index contributed by atoms with van der Waals surface area (Å²) in [6, 6.07) is 1.45. The highest BCUT2D eigenvalue weighted by Crippen LogP contribution is 2.30.